The van der Waals surface area contributed by atoms with E-state index in [0.29, 0.717) is 0 Å². The smallest absolute Gasteiger partial charge is 0.251 e. The number of hydrogen-bond donors (Lipinski definition) is 1. The molecule has 2 aromatic carbocycles. The second kappa shape index (κ2) is 5.91. The Labute approximate surface area is 120 Å². The molecule has 0 heterocycles. The van der Waals surface area contributed by atoms with Crippen LogP contribution < -0.4 is 5.32 Å². The summed E-state index contributed by atoms with van der Waals surface area (Å²) in [7, 11) is 0. The van der Waals surface area contributed by atoms with E-state index in [-0.39, 0.29) is 11.4 Å². The molecule has 0 unspecified atom stereocenters. The van der Waals surface area contributed by atoms with Gasteiger partial charge in [0.2, 0.25) is 0 Å². The maximum absolute atomic E-state index is 12.4. The van der Waals surface area contributed by atoms with Gasteiger partial charge in [0.05, 0.1) is 0 Å². The van der Waals surface area contributed by atoms with Gasteiger partial charge in [0, 0.05) is 11.1 Å². The molecule has 0 bridgehead atoms. The fraction of sp³-hybridized carbons (Fsp3) is 0.278. The number of rotatable bonds is 4. The first kappa shape index (κ1) is 14.3. The van der Waals surface area contributed by atoms with Gasteiger partial charge in [-0.3, -0.25) is 4.79 Å². The van der Waals surface area contributed by atoms with Crippen molar-refractivity contribution < 1.29 is 4.79 Å². The Bertz CT molecular complexity index is 587. The van der Waals surface area contributed by atoms with Crippen molar-refractivity contribution in [2.24, 2.45) is 0 Å². The van der Waals surface area contributed by atoms with E-state index in [9.17, 15) is 4.79 Å². The third kappa shape index (κ3) is 3.70. The van der Waals surface area contributed by atoms with E-state index in [0.717, 1.165) is 17.5 Å². The second-order valence-corrected chi connectivity index (χ2v) is 5.82. The molecule has 0 saturated carbocycles. The van der Waals surface area contributed by atoms with Crippen LogP contribution in [0, 0.1) is 6.92 Å². The van der Waals surface area contributed by atoms with Crippen molar-refractivity contribution in [3.63, 3.8) is 0 Å². The van der Waals surface area contributed by atoms with Crippen LogP contribution in [0.15, 0.2) is 54.6 Å². The first-order valence-corrected chi connectivity index (χ1v) is 6.90. The van der Waals surface area contributed by atoms with E-state index in [1.807, 2.05) is 49.4 Å². The summed E-state index contributed by atoms with van der Waals surface area (Å²) in [4.78, 5) is 12.4. The SMILES string of the molecule is Cc1ccccc1C(=O)NC(C)(C)Cc1ccccc1. The zero-order valence-electron chi connectivity index (χ0n) is 12.3. The Morgan fingerprint density at radius 2 is 1.60 bits per heavy atom. The summed E-state index contributed by atoms with van der Waals surface area (Å²) in [5.74, 6) is -0.0102. The van der Waals surface area contributed by atoms with Crippen LogP contribution in [0.5, 0.6) is 0 Å². The van der Waals surface area contributed by atoms with E-state index in [2.05, 4.69) is 31.3 Å². The van der Waals surface area contributed by atoms with Crippen LogP contribution in [0.3, 0.4) is 0 Å². The third-order valence-corrected chi connectivity index (χ3v) is 3.33. The summed E-state index contributed by atoms with van der Waals surface area (Å²) in [6.07, 6.45) is 0.811. The van der Waals surface area contributed by atoms with E-state index >= 15 is 0 Å². The van der Waals surface area contributed by atoms with Gasteiger partial charge in [0.15, 0.2) is 0 Å². The molecule has 0 saturated heterocycles. The molecule has 0 aliphatic heterocycles. The van der Waals surface area contributed by atoms with E-state index in [1.165, 1.54) is 5.56 Å². The van der Waals surface area contributed by atoms with Gasteiger partial charge in [0.1, 0.15) is 0 Å². The summed E-state index contributed by atoms with van der Waals surface area (Å²) in [5, 5.41) is 3.12. The maximum Gasteiger partial charge on any atom is 0.251 e. The Morgan fingerprint density at radius 3 is 2.25 bits per heavy atom. The number of carbonyl (C=O) groups is 1. The molecule has 0 fully saturated rings. The zero-order valence-corrected chi connectivity index (χ0v) is 12.3. The van der Waals surface area contributed by atoms with Crippen LogP contribution in [0.1, 0.15) is 35.3 Å². The monoisotopic (exact) mass is 267 g/mol. The highest BCUT2D eigenvalue weighted by molar-refractivity contribution is 5.96. The Balaban J connectivity index is 2.08. The molecule has 0 aliphatic carbocycles. The first-order valence-electron chi connectivity index (χ1n) is 6.90. The Hall–Kier alpha value is -2.09. The highest BCUT2D eigenvalue weighted by Crippen LogP contribution is 2.14. The lowest BCUT2D eigenvalue weighted by Gasteiger charge is -2.27. The van der Waals surface area contributed by atoms with Gasteiger partial charge in [-0.1, -0.05) is 48.5 Å². The van der Waals surface area contributed by atoms with Gasteiger partial charge in [-0.25, -0.2) is 0 Å². The quantitative estimate of drug-likeness (QED) is 0.898. The molecule has 0 atom stereocenters. The highest BCUT2D eigenvalue weighted by atomic mass is 16.1. The normalized spacial score (nSPS) is 11.2. The Kier molecular flexibility index (Phi) is 4.23. The highest BCUT2D eigenvalue weighted by Gasteiger charge is 2.22. The van der Waals surface area contributed by atoms with Crippen molar-refractivity contribution >= 4 is 5.91 Å². The maximum atomic E-state index is 12.4. The molecule has 0 radical (unpaired) electrons. The predicted octanol–water partition coefficient (Wildman–Crippen LogP) is 3.75. The Morgan fingerprint density at radius 1 is 1.00 bits per heavy atom. The first-order chi connectivity index (χ1) is 9.48. The largest absolute Gasteiger partial charge is 0.347 e. The lowest BCUT2D eigenvalue weighted by Crippen LogP contribution is -2.45. The average molecular weight is 267 g/mol. The summed E-state index contributed by atoms with van der Waals surface area (Å²) in [5.41, 5.74) is 2.69. The number of carbonyl (C=O) groups excluding carboxylic acids is 1. The minimum atomic E-state index is -0.277. The van der Waals surface area contributed by atoms with Gasteiger partial charge >= 0.3 is 0 Å². The molecule has 2 aromatic rings. The molecule has 2 heteroatoms. The summed E-state index contributed by atoms with van der Waals surface area (Å²) in [6, 6.07) is 17.9. The minimum absolute atomic E-state index is 0.0102. The summed E-state index contributed by atoms with van der Waals surface area (Å²) < 4.78 is 0. The van der Waals surface area contributed by atoms with Gasteiger partial charge in [-0.05, 0) is 44.4 Å². The van der Waals surface area contributed by atoms with Crippen molar-refractivity contribution in [1.82, 2.24) is 5.32 Å². The zero-order chi connectivity index (χ0) is 14.6. The number of benzene rings is 2. The summed E-state index contributed by atoms with van der Waals surface area (Å²) in [6.45, 7) is 6.06. The minimum Gasteiger partial charge on any atom is -0.347 e. The molecule has 0 aliphatic rings. The fourth-order valence-corrected chi connectivity index (χ4v) is 2.35. The van der Waals surface area contributed by atoms with E-state index < -0.39 is 0 Å². The molecule has 2 nitrogen and oxygen atoms in total. The van der Waals surface area contributed by atoms with Crippen molar-refractivity contribution in [2.45, 2.75) is 32.7 Å². The summed E-state index contributed by atoms with van der Waals surface area (Å²) >= 11 is 0. The van der Waals surface area contributed by atoms with Crippen LogP contribution in [0.2, 0.25) is 0 Å². The van der Waals surface area contributed by atoms with Gasteiger partial charge in [0.25, 0.3) is 5.91 Å². The van der Waals surface area contributed by atoms with Crippen LogP contribution in [0.25, 0.3) is 0 Å². The lowest BCUT2D eigenvalue weighted by atomic mass is 9.94. The molecule has 20 heavy (non-hydrogen) atoms. The van der Waals surface area contributed by atoms with Crippen molar-refractivity contribution in [1.29, 1.82) is 0 Å². The lowest BCUT2D eigenvalue weighted by molar-refractivity contribution is 0.0912. The van der Waals surface area contributed by atoms with Crippen molar-refractivity contribution in [3.8, 4) is 0 Å². The van der Waals surface area contributed by atoms with Crippen LogP contribution in [-0.2, 0) is 6.42 Å². The topological polar surface area (TPSA) is 29.1 Å². The van der Waals surface area contributed by atoms with Crippen LogP contribution in [-0.4, -0.2) is 11.4 Å². The standard InChI is InChI=1S/C18H21NO/c1-14-9-7-8-12-16(14)17(20)19-18(2,3)13-15-10-5-4-6-11-15/h4-12H,13H2,1-3H3,(H,19,20). The van der Waals surface area contributed by atoms with E-state index in [1.54, 1.807) is 0 Å². The number of aryl methyl sites for hydroxylation is 1. The fourth-order valence-electron chi connectivity index (χ4n) is 2.35. The average Bonchev–Trinajstić information content (AvgIpc) is 2.39. The van der Waals surface area contributed by atoms with Crippen LogP contribution in [0.4, 0.5) is 0 Å². The molecule has 0 aromatic heterocycles. The molecule has 1 amide bonds. The molecule has 104 valence electrons. The van der Waals surface area contributed by atoms with Crippen molar-refractivity contribution in [2.75, 3.05) is 0 Å². The van der Waals surface area contributed by atoms with Crippen LogP contribution >= 0.6 is 0 Å². The molecule has 0 spiro atoms. The number of amides is 1. The molecular weight excluding hydrogens is 246 g/mol. The molecular formula is C18H21NO. The van der Waals surface area contributed by atoms with E-state index in [4.69, 9.17) is 0 Å². The van der Waals surface area contributed by atoms with Gasteiger partial charge in [-0.15, -0.1) is 0 Å². The molecule has 2 rings (SSSR count). The second-order valence-electron chi connectivity index (χ2n) is 5.82. The van der Waals surface area contributed by atoms with Crippen molar-refractivity contribution in [3.05, 3.63) is 71.3 Å². The third-order valence-electron chi connectivity index (χ3n) is 3.33. The number of nitrogens with one attached hydrogen (secondary N) is 1. The predicted molar refractivity (Wildman–Crippen MR) is 82.9 cm³/mol. The number of hydrogen-bond acceptors (Lipinski definition) is 1. The molecule has 1 N–H and O–H groups in total. The van der Waals surface area contributed by atoms with Gasteiger partial charge < -0.3 is 5.32 Å². The van der Waals surface area contributed by atoms with Gasteiger partial charge in [-0.2, -0.15) is 0 Å².